The molecule has 2 amide bonds. The van der Waals surface area contributed by atoms with E-state index >= 15 is 0 Å². The van der Waals surface area contributed by atoms with E-state index < -0.39 is 21.3 Å². The second kappa shape index (κ2) is 12.3. The fraction of sp³-hybridized carbons (Fsp3) is 0.429. The smallest absolute Gasteiger partial charge is 0.264 e. The van der Waals surface area contributed by atoms with Gasteiger partial charge in [0.15, 0.2) is 0 Å². The number of nitrogens with one attached hydrogen (secondary N) is 1. The SMILES string of the molecule is O=C(NCc1ccccc1Cl)c1ccc2c(c1)C1(CCN(CC(=O)N3CCC3)CC1)C(C1CCC1)N2S(=O)(=O)c1ccc(F)cc1. The molecule has 0 radical (unpaired) electrons. The number of halogens is 2. The van der Waals surface area contributed by atoms with Crippen LogP contribution in [0.5, 0.6) is 0 Å². The van der Waals surface area contributed by atoms with Crippen molar-refractivity contribution in [2.45, 2.75) is 61.4 Å². The summed E-state index contributed by atoms with van der Waals surface area (Å²) in [5, 5.41) is 3.55. The van der Waals surface area contributed by atoms with Crippen LogP contribution in [0.25, 0.3) is 0 Å². The van der Waals surface area contributed by atoms with Crippen molar-refractivity contribution in [2.75, 3.05) is 37.0 Å². The van der Waals surface area contributed by atoms with Gasteiger partial charge in [-0.3, -0.25) is 18.8 Å². The van der Waals surface area contributed by atoms with E-state index in [0.717, 1.165) is 49.9 Å². The maximum absolute atomic E-state index is 14.5. The quantitative estimate of drug-likeness (QED) is 0.351. The third kappa shape index (κ3) is 5.48. The van der Waals surface area contributed by atoms with Crippen LogP contribution in [0, 0.1) is 11.7 Å². The molecule has 8 nitrogen and oxygen atoms in total. The van der Waals surface area contributed by atoms with Crippen LogP contribution >= 0.6 is 11.6 Å². The number of benzene rings is 3. The molecule has 0 bridgehead atoms. The first kappa shape index (κ1) is 31.1. The lowest BCUT2D eigenvalue weighted by atomic mass is 9.62. The Balaban J connectivity index is 1.25. The molecule has 1 N–H and O–H groups in total. The summed E-state index contributed by atoms with van der Waals surface area (Å²) < 4.78 is 44.4. The van der Waals surface area contributed by atoms with E-state index in [1.807, 2.05) is 29.2 Å². The first-order valence-corrected chi connectivity index (χ1v) is 18.0. The highest BCUT2D eigenvalue weighted by atomic mass is 35.5. The number of anilines is 1. The van der Waals surface area contributed by atoms with E-state index in [0.29, 0.717) is 48.7 Å². The molecule has 3 heterocycles. The highest BCUT2D eigenvalue weighted by Gasteiger charge is 2.58. The van der Waals surface area contributed by atoms with Crippen LogP contribution in [0.4, 0.5) is 10.1 Å². The number of piperidine rings is 1. The molecular weight excluding hydrogens is 627 g/mol. The normalized spacial score (nSPS) is 21.0. The van der Waals surface area contributed by atoms with Crippen molar-refractivity contribution in [3.63, 3.8) is 0 Å². The van der Waals surface area contributed by atoms with Gasteiger partial charge in [0.1, 0.15) is 5.82 Å². The van der Waals surface area contributed by atoms with Gasteiger partial charge in [0.05, 0.1) is 23.2 Å². The summed E-state index contributed by atoms with van der Waals surface area (Å²) in [7, 11) is -4.06. The Bertz CT molecular complexity index is 1750. The van der Waals surface area contributed by atoms with Crippen LogP contribution in [0.15, 0.2) is 71.6 Å². The molecule has 3 aromatic carbocycles. The van der Waals surface area contributed by atoms with E-state index in [-0.39, 0.29) is 35.2 Å². The summed E-state index contributed by atoms with van der Waals surface area (Å²) >= 11 is 6.32. The zero-order chi connectivity index (χ0) is 32.1. The van der Waals surface area contributed by atoms with E-state index in [2.05, 4.69) is 10.2 Å². The molecule has 4 aliphatic rings. The number of nitrogens with zero attached hydrogens (tertiary/aromatic N) is 3. The van der Waals surface area contributed by atoms with E-state index in [1.54, 1.807) is 22.5 Å². The van der Waals surface area contributed by atoms with Crippen molar-refractivity contribution in [2.24, 2.45) is 5.92 Å². The Morgan fingerprint density at radius 3 is 2.28 bits per heavy atom. The first-order chi connectivity index (χ1) is 22.2. The average molecular weight is 665 g/mol. The van der Waals surface area contributed by atoms with Gasteiger partial charge < -0.3 is 10.2 Å². The first-order valence-electron chi connectivity index (χ1n) is 16.1. The van der Waals surface area contributed by atoms with E-state index in [9.17, 15) is 22.4 Å². The summed E-state index contributed by atoms with van der Waals surface area (Å²) in [6, 6.07) is 17.3. The number of hydrogen-bond donors (Lipinski definition) is 1. The number of rotatable bonds is 8. The Morgan fingerprint density at radius 2 is 1.65 bits per heavy atom. The number of hydrogen-bond acceptors (Lipinski definition) is 5. The zero-order valence-corrected chi connectivity index (χ0v) is 27.2. The highest BCUT2D eigenvalue weighted by molar-refractivity contribution is 7.92. The molecule has 1 atom stereocenters. The molecule has 242 valence electrons. The van der Waals surface area contributed by atoms with Crippen LogP contribution in [-0.4, -0.2) is 68.8 Å². The van der Waals surface area contributed by atoms with Gasteiger partial charge in [-0.05, 0) is 111 Å². The number of carbonyl (C=O) groups excluding carboxylic acids is 2. The minimum atomic E-state index is -4.06. The van der Waals surface area contributed by atoms with Crippen molar-refractivity contribution in [1.82, 2.24) is 15.1 Å². The Labute approximate surface area is 274 Å². The molecule has 3 aliphatic heterocycles. The number of likely N-dealkylation sites (tertiary alicyclic amines) is 2. The molecule has 46 heavy (non-hydrogen) atoms. The lowest BCUT2D eigenvalue weighted by molar-refractivity contribution is -0.136. The number of amides is 2. The van der Waals surface area contributed by atoms with Crippen molar-refractivity contribution < 1.29 is 22.4 Å². The standard InChI is InChI=1S/C35H38ClFN4O4S/c36-30-8-2-1-5-26(30)22-38-34(43)25-9-14-31-29(21-25)35(15-19-39(20-16-35)23-32(42)40-17-4-18-40)33(24-6-3-7-24)41(31)46(44,45)28-12-10-27(37)11-13-28/h1-2,5,8-14,21,24,33H,3-4,6-7,15-20,22-23H2,(H,38,43). The molecule has 3 aromatic rings. The largest absolute Gasteiger partial charge is 0.348 e. The second-order valence-electron chi connectivity index (χ2n) is 13.1. The monoisotopic (exact) mass is 664 g/mol. The van der Waals surface area contributed by atoms with Gasteiger partial charge in [-0.15, -0.1) is 0 Å². The van der Waals surface area contributed by atoms with Gasteiger partial charge in [-0.2, -0.15) is 0 Å². The molecule has 1 aliphatic carbocycles. The van der Waals surface area contributed by atoms with E-state index in [4.69, 9.17) is 11.6 Å². The highest BCUT2D eigenvalue weighted by Crippen LogP contribution is 2.57. The van der Waals surface area contributed by atoms with Crippen LogP contribution in [0.2, 0.25) is 5.02 Å². The third-order valence-electron chi connectivity index (χ3n) is 10.5. The maximum atomic E-state index is 14.5. The fourth-order valence-corrected chi connectivity index (χ4v) is 9.65. The molecule has 11 heteroatoms. The molecule has 1 saturated carbocycles. The van der Waals surface area contributed by atoms with Crippen LogP contribution in [0.1, 0.15) is 60.0 Å². The van der Waals surface area contributed by atoms with Gasteiger partial charge in [0, 0.05) is 35.6 Å². The number of fused-ring (bicyclic) bond motifs is 2. The van der Waals surface area contributed by atoms with E-state index in [1.165, 1.54) is 24.3 Å². The number of sulfonamides is 1. The van der Waals surface area contributed by atoms with Crippen molar-refractivity contribution >= 4 is 39.1 Å². The van der Waals surface area contributed by atoms with Crippen LogP contribution < -0.4 is 9.62 Å². The molecule has 2 saturated heterocycles. The fourth-order valence-electron chi connectivity index (χ4n) is 7.65. The minimum Gasteiger partial charge on any atom is -0.348 e. The van der Waals surface area contributed by atoms with Gasteiger partial charge in [0.25, 0.3) is 15.9 Å². The van der Waals surface area contributed by atoms with Crippen molar-refractivity contribution in [1.29, 1.82) is 0 Å². The minimum absolute atomic E-state index is 0.0420. The Hall–Kier alpha value is -3.47. The van der Waals surface area contributed by atoms with Gasteiger partial charge >= 0.3 is 0 Å². The van der Waals surface area contributed by atoms with Gasteiger partial charge in [-0.1, -0.05) is 36.2 Å². The summed E-state index contributed by atoms with van der Waals surface area (Å²) in [6.07, 6.45) is 5.23. The van der Waals surface area contributed by atoms with Gasteiger partial charge in [0.2, 0.25) is 5.91 Å². The summed E-state index contributed by atoms with van der Waals surface area (Å²) in [4.78, 5) is 30.4. The second-order valence-corrected chi connectivity index (χ2v) is 15.3. The lowest BCUT2D eigenvalue weighted by Crippen LogP contribution is -2.58. The molecule has 0 aromatic heterocycles. The molecule has 1 unspecified atom stereocenters. The zero-order valence-electron chi connectivity index (χ0n) is 25.6. The molecule has 3 fully saturated rings. The van der Waals surface area contributed by atoms with Gasteiger partial charge in [-0.25, -0.2) is 12.8 Å². The summed E-state index contributed by atoms with van der Waals surface area (Å²) in [5.41, 5.74) is 2.15. The maximum Gasteiger partial charge on any atom is 0.264 e. The van der Waals surface area contributed by atoms with Crippen LogP contribution in [-0.2, 0) is 26.8 Å². The Kier molecular flexibility index (Phi) is 8.32. The van der Waals surface area contributed by atoms with Crippen molar-refractivity contribution in [3.8, 4) is 0 Å². The predicted octanol–water partition coefficient (Wildman–Crippen LogP) is 5.35. The van der Waals surface area contributed by atoms with Crippen molar-refractivity contribution in [3.05, 3.63) is 94.3 Å². The lowest BCUT2D eigenvalue weighted by Gasteiger charge is -2.49. The molecule has 1 spiro atoms. The Morgan fingerprint density at radius 1 is 0.935 bits per heavy atom. The molecule has 7 rings (SSSR count). The molecular formula is C35H38ClFN4O4S. The topological polar surface area (TPSA) is 90.0 Å². The summed E-state index contributed by atoms with van der Waals surface area (Å²) in [5.74, 6) is -0.479. The summed E-state index contributed by atoms with van der Waals surface area (Å²) in [6.45, 7) is 3.54. The van der Waals surface area contributed by atoms with Crippen LogP contribution in [0.3, 0.4) is 0 Å². The number of carbonyl (C=O) groups is 2. The predicted molar refractivity (Wildman–Crippen MR) is 175 cm³/mol. The third-order valence-corrected chi connectivity index (χ3v) is 12.7. The average Bonchev–Trinajstić information content (AvgIpc) is 3.25.